The zero-order valence-electron chi connectivity index (χ0n) is 21.3. The first-order chi connectivity index (χ1) is 18.0. The van der Waals surface area contributed by atoms with Crippen molar-refractivity contribution < 1.29 is 19.1 Å². The van der Waals surface area contributed by atoms with Gasteiger partial charge < -0.3 is 14.9 Å². The van der Waals surface area contributed by atoms with Gasteiger partial charge in [0.05, 0.1) is 12.6 Å². The van der Waals surface area contributed by atoms with Crippen LogP contribution in [0, 0.1) is 0 Å². The van der Waals surface area contributed by atoms with Gasteiger partial charge in [0, 0.05) is 50.0 Å². The molecule has 2 aliphatic carbocycles. The number of hydrogen-bond donors (Lipinski definition) is 1. The molecule has 198 valence electrons. The van der Waals surface area contributed by atoms with Crippen molar-refractivity contribution in [2.45, 2.75) is 69.8 Å². The SMILES string of the molecule is O=C(Cn1nc(C(=O)N2CC[C@H](O)[C@@H](F)C2)c2c1CCC2)N1CCN(C2CCCc3ccccc32)CC1. The normalized spacial score (nSPS) is 26.2. The van der Waals surface area contributed by atoms with Crippen LogP contribution in [-0.4, -0.2) is 92.9 Å². The van der Waals surface area contributed by atoms with E-state index < -0.39 is 12.3 Å². The molecule has 2 fully saturated rings. The fraction of sp³-hybridized carbons (Fsp3) is 0.607. The number of rotatable bonds is 4. The van der Waals surface area contributed by atoms with Crippen molar-refractivity contribution in [2.75, 3.05) is 39.3 Å². The molecule has 1 unspecified atom stereocenters. The lowest BCUT2D eigenvalue weighted by Crippen LogP contribution is -2.50. The predicted octanol–water partition coefficient (Wildman–Crippen LogP) is 2.14. The van der Waals surface area contributed by atoms with E-state index in [1.165, 1.54) is 28.9 Å². The number of carbonyl (C=O) groups is 2. The monoisotopic (exact) mass is 509 g/mol. The van der Waals surface area contributed by atoms with E-state index in [0.29, 0.717) is 31.4 Å². The van der Waals surface area contributed by atoms with E-state index in [4.69, 9.17) is 0 Å². The first kappa shape index (κ1) is 24.6. The maximum atomic E-state index is 14.1. The van der Waals surface area contributed by atoms with Crippen LogP contribution in [0.15, 0.2) is 24.3 Å². The van der Waals surface area contributed by atoms with Gasteiger partial charge in [0.25, 0.3) is 5.91 Å². The minimum absolute atomic E-state index is 0.0322. The molecule has 3 heterocycles. The van der Waals surface area contributed by atoms with Gasteiger partial charge in [-0.15, -0.1) is 0 Å². The summed E-state index contributed by atoms with van der Waals surface area (Å²) in [5.74, 6) is -0.259. The Balaban J connectivity index is 1.10. The number of alkyl halides is 1. The molecule has 0 radical (unpaired) electrons. The number of aryl methyl sites for hydroxylation is 1. The summed E-state index contributed by atoms with van der Waals surface area (Å²) in [7, 11) is 0. The molecule has 1 N–H and O–H groups in total. The van der Waals surface area contributed by atoms with Crippen LogP contribution in [-0.2, 0) is 30.6 Å². The largest absolute Gasteiger partial charge is 0.390 e. The highest BCUT2D eigenvalue weighted by Gasteiger charge is 2.35. The summed E-state index contributed by atoms with van der Waals surface area (Å²) in [5, 5.41) is 14.3. The molecule has 2 aromatic rings. The van der Waals surface area contributed by atoms with Gasteiger partial charge in [-0.1, -0.05) is 24.3 Å². The molecule has 2 saturated heterocycles. The Labute approximate surface area is 217 Å². The summed E-state index contributed by atoms with van der Waals surface area (Å²) < 4.78 is 15.8. The molecule has 4 aliphatic rings. The van der Waals surface area contributed by atoms with Crippen LogP contribution < -0.4 is 0 Å². The molecule has 3 atom stereocenters. The number of amides is 2. The van der Waals surface area contributed by atoms with Crippen molar-refractivity contribution >= 4 is 11.8 Å². The molecule has 9 heteroatoms. The number of piperazine rings is 1. The van der Waals surface area contributed by atoms with Crippen molar-refractivity contribution in [1.82, 2.24) is 24.5 Å². The minimum atomic E-state index is -1.44. The average Bonchev–Trinajstić information content (AvgIpc) is 3.53. The number of likely N-dealkylation sites (tertiary alicyclic amines) is 1. The molecule has 0 spiro atoms. The fourth-order valence-electron chi connectivity index (χ4n) is 6.66. The van der Waals surface area contributed by atoms with Crippen molar-refractivity contribution in [3.63, 3.8) is 0 Å². The van der Waals surface area contributed by atoms with Gasteiger partial charge in [-0.3, -0.25) is 19.2 Å². The summed E-state index contributed by atoms with van der Waals surface area (Å²) >= 11 is 0. The maximum Gasteiger partial charge on any atom is 0.274 e. The van der Waals surface area contributed by atoms with Gasteiger partial charge in [-0.2, -0.15) is 5.10 Å². The highest BCUT2D eigenvalue weighted by molar-refractivity contribution is 5.94. The van der Waals surface area contributed by atoms with Crippen molar-refractivity contribution in [1.29, 1.82) is 0 Å². The molecule has 37 heavy (non-hydrogen) atoms. The summed E-state index contributed by atoms with van der Waals surface area (Å²) in [4.78, 5) is 32.4. The molecular formula is C28H36FN5O3. The lowest BCUT2D eigenvalue weighted by molar-refractivity contribution is -0.134. The van der Waals surface area contributed by atoms with Crippen LogP contribution in [0.1, 0.15) is 64.6 Å². The van der Waals surface area contributed by atoms with Crippen LogP contribution in [0.3, 0.4) is 0 Å². The fourth-order valence-corrected chi connectivity index (χ4v) is 6.66. The zero-order chi connectivity index (χ0) is 25.5. The van der Waals surface area contributed by atoms with Crippen LogP contribution in [0.2, 0.25) is 0 Å². The van der Waals surface area contributed by atoms with E-state index in [2.05, 4.69) is 34.3 Å². The summed E-state index contributed by atoms with van der Waals surface area (Å²) in [5.41, 5.74) is 5.12. The van der Waals surface area contributed by atoms with Crippen LogP contribution in [0.5, 0.6) is 0 Å². The molecular weight excluding hydrogens is 473 g/mol. The first-order valence-corrected chi connectivity index (χ1v) is 13.8. The number of halogens is 1. The first-order valence-electron chi connectivity index (χ1n) is 13.8. The van der Waals surface area contributed by atoms with Crippen molar-refractivity contribution in [3.8, 4) is 0 Å². The van der Waals surface area contributed by atoms with E-state index in [-0.39, 0.29) is 31.3 Å². The van der Waals surface area contributed by atoms with Crippen LogP contribution in [0.25, 0.3) is 0 Å². The Hall–Kier alpha value is -2.78. The molecule has 0 saturated carbocycles. The lowest BCUT2D eigenvalue weighted by atomic mass is 9.86. The zero-order valence-corrected chi connectivity index (χ0v) is 21.3. The second-order valence-electron chi connectivity index (χ2n) is 10.9. The molecule has 6 rings (SSSR count). The Bertz CT molecular complexity index is 1170. The number of fused-ring (bicyclic) bond motifs is 2. The number of aromatic nitrogens is 2. The summed E-state index contributed by atoms with van der Waals surface area (Å²) in [6, 6.07) is 9.19. The lowest BCUT2D eigenvalue weighted by Gasteiger charge is -2.41. The smallest absolute Gasteiger partial charge is 0.274 e. The molecule has 1 aromatic carbocycles. The Kier molecular flexibility index (Phi) is 6.75. The third kappa shape index (κ3) is 4.68. The van der Waals surface area contributed by atoms with E-state index in [1.54, 1.807) is 4.68 Å². The Morgan fingerprint density at radius 3 is 2.59 bits per heavy atom. The highest BCUT2D eigenvalue weighted by atomic mass is 19.1. The topological polar surface area (TPSA) is 81.9 Å². The number of nitrogens with zero attached hydrogens (tertiary/aromatic N) is 5. The Morgan fingerprint density at radius 1 is 0.973 bits per heavy atom. The third-order valence-electron chi connectivity index (χ3n) is 8.73. The van der Waals surface area contributed by atoms with Gasteiger partial charge in [0.15, 0.2) is 5.69 Å². The maximum absolute atomic E-state index is 14.1. The molecule has 2 amide bonds. The second-order valence-corrected chi connectivity index (χ2v) is 10.9. The highest BCUT2D eigenvalue weighted by Crippen LogP contribution is 2.35. The van der Waals surface area contributed by atoms with E-state index in [1.807, 2.05) is 4.90 Å². The number of piperidine rings is 1. The van der Waals surface area contributed by atoms with Crippen LogP contribution >= 0.6 is 0 Å². The average molecular weight is 510 g/mol. The van der Waals surface area contributed by atoms with Crippen LogP contribution in [0.4, 0.5) is 4.39 Å². The number of aliphatic hydroxyl groups is 1. The van der Waals surface area contributed by atoms with Gasteiger partial charge >= 0.3 is 0 Å². The second kappa shape index (κ2) is 10.2. The van der Waals surface area contributed by atoms with E-state index in [9.17, 15) is 19.1 Å². The van der Waals surface area contributed by atoms with Gasteiger partial charge in [0.1, 0.15) is 12.7 Å². The number of benzene rings is 1. The molecule has 0 bridgehead atoms. The quantitative estimate of drug-likeness (QED) is 0.683. The number of carbonyl (C=O) groups excluding carboxylic acids is 2. The summed E-state index contributed by atoms with van der Waals surface area (Å²) in [6.45, 7) is 3.44. The third-order valence-corrected chi connectivity index (χ3v) is 8.73. The minimum Gasteiger partial charge on any atom is -0.390 e. The van der Waals surface area contributed by atoms with Crippen molar-refractivity contribution in [3.05, 3.63) is 52.3 Å². The number of aliphatic hydroxyl groups excluding tert-OH is 1. The van der Waals surface area contributed by atoms with Gasteiger partial charge in [0.2, 0.25) is 5.91 Å². The van der Waals surface area contributed by atoms with E-state index >= 15 is 0 Å². The Morgan fingerprint density at radius 2 is 1.78 bits per heavy atom. The molecule has 2 aliphatic heterocycles. The van der Waals surface area contributed by atoms with Gasteiger partial charge in [-0.05, 0) is 56.1 Å². The van der Waals surface area contributed by atoms with Gasteiger partial charge in [-0.25, -0.2) is 4.39 Å². The number of hydrogen-bond acceptors (Lipinski definition) is 5. The predicted molar refractivity (Wildman–Crippen MR) is 136 cm³/mol. The standard InChI is InChI=1S/C28H36FN5O3/c29-22-17-33(12-11-25(22)35)28(37)27-21-8-4-10-24(21)34(30-27)18-26(36)32-15-13-31(14-16-32)23-9-3-6-19-5-1-2-7-20(19)23/h1-2,5,7,22-23,25,35H,3-4,6,8-18H2/t22-,23?,25-/m0/s1. The van der Waals surface area contributed by atoms with E-state index in [0.717, 1.165) is 50.0 Å². The van der Waals surface area contributed by atoms with Crippen molar-refractivity contribution in [2.24, 2.45) is 0 Å². The summed E-state index contributed by atoms with van der Waals surface area (Å²) in [6.07, 6.45) is 3.77. The molecule has 8 nitrogen and oxygen atoms in total. The molecule has 1 aromatic heterocycles.